The average Bonchev–Trinajstić information content (AvgIpc) is 1.65. The molecule has 0 saturated carbocycles. The third kappa shape index (κ3) is 1.98. The zero-order chi connectivity index (χ0) is 4.99. The zero-order valence-electron chi connectivity index (χ0n) is 4.23. The van der Waals surface area contributed by atoms with Gasteiger partial charge in [-0.3, -0.25) is 0 Å². The van der Waals surface area contributed by atoms with Crippen LogP contribution in [0.25, 0.3) is 0 Å². The highest BCUT2D eigenvalue weighted by atomic mass is 28.3. The Morgan fingerprint density at radius 1 is 1.83 bits per heavy atom. The third-order valence-corrected chi connectivity index (χ3v) is 2.50. The van der Waals surface area contributed by atoms with E-state index < -0.39 is 8.80 Å². The summed E-state index contributed by atoms with van der Waals surface area (Å²) in [5, 5.41) is 8.15. The summed E-state index contributed by atoms with van der Waals surface area (Å²) in [6, 6.07) is 1.11. The monoisotopic (exact) mass is 99.1 g/mol. The molecule has 0 rings (SSSR count). The van der Waals surface area contributed by atoms with Gasteiger partial charge in [-0.25, -0.2) is 5.26 Å². The Balaban J connectivity index is 3.04. The summed E-state index contributed by atoms with van der Waals surface area (Å²) in [5.74, 6) is 0. The molecule has 0 radical (unpaired) electrons. The van der Waals surface area contributed by atoms with Crippen molar-refractivity contribution in [3.8, 4) is 5.69 Å². The molecule has 1 unspecified atom stereocenters. The van der Waals surface area contributed by atoms with Crippen LogP contribution in [0.15, 0.2) is 0 Å². The minimum Gasteiger partial charge on any atom is -0.207 e. The van der Waals surface area contributed by atoms with Gasteiger partial charge in [0.25, 0.3) is 0 Å². The van der Waals surface area contributed by atoms with Crippen LogP contribution in [0.5, 0.6) is 0 Å². The van der Waals surface area contributed by atoms with Crippen molar-refractivity contribution in [1.82, 2.24) is 0 Å². The first kappa shape index (κ1) is 5.71. The maximum Gasteiger partial charge on any atom is 0.154 e. The summed E-state index contributed by atoms with van der Waals surface area (Å²) >= 11 is 0. The SMILES string of the molecule is CC[SiH](C)C#N. The molecule has 0 fully saturated rings. The Morgan fingerprint density at radius 2 is 2.33 bits per heavy atom. The van der Waals surface area contributed by atoms with Gasteiger partial charge in [-0.15, -0.1) is 0 Å². The van der Waals surface area contributed by atoms with Gasteiger partial charge in [0.05, 0.1) is 0 Å². The molecule has 0 aliphatic heterocycles. The lowest BCUT2D eigenvalue weighted by molar-refractivity contribution is 1.42. The normalized spacial score (nSPS) is 12.8. The highest BCUT2D eigenvalue weighted by Crippen LogP contribution is 1.83. The van der Waals surface area contributed by atoms with Gasteiger partial charge in [0.2, 0.25) is 0 Å². The van der Waals surface area contributed by atoms with Gasteiger partial charge in [-0.1, -0.05) is 19.5 Å². The van der Waals surface area contributed by atoms with Gasteiger partial charge in [-0.2, -0.15) is 0 Å². The van der Waals surface area contributed by atoms with Gasteiger partial charge in [0.1, 0.15) is 0 Å². The smallest absolute Gasteiger partial charge is 0.154 e. The third-order valence-electron chi connectivity index (χ3n) is 0.833. The molecule has 0 aromatic rings. The molecule has 0 saturated heterocycles. The topological polar surface area (TPSA) is 23.8 Å². The molecule has 0 bridgehead atoms. The first-order valence-corrected chi connectivity index (χ1v) is 4.75. The van der Waals surface area contributed by atoms with Crippen LogP contribution >= 0.6 is 0 Å². The zero-order valence-corrected chi connectivity index (χ0v) is 5.39. The molecule has 0 aliphatic carbocycles. The fraction of sp³-hybridized carbons (Fsp3) is 0.750. The van der Waals surface area contributed by atoms with E-state index in [0.717, 1.165) is 6.04 Å². The minimum absolute atomic E-state index is 0.855. The summed E-state index contributed by atoms with van der Waals surface area (Å²) < 4.78 is 0. The molecule has 0 N–H and O–H groups in total. The summed E-state index contributed by atoms with van der Waals surface area (Å²) in [6.45, 7) is 4.13. The number of rotatable bonds is 1. The first-order chi connectivity index (χ1) is 2.81. The predicted molar refractivity (Wildman–Crippen MR) is 29.1 cm³/mol. The highest BCUT2D eigenvalue weighted by molar-refractivity contribution is 6.65. The standard InChI is InChI=1S/C4H9NSi/c1-3-6(2)4-5/h6H,3H2,1-2H3. The molecule has 0 amide bonds. The Labute approximate surface area is 40.2 Å². The Hall–Kier alpha value is -0.293. The molecule has 0 spiro atoms. The molecule has 2 heteroatoms. The van der Waals surface area contributed by atoms with Crippen molar-refractivity contribution in [1.29, 1.82) is 5.26 Å². The molecule has 0 aromatic heterocycles. The second-order valence-electron chi connectivity index (χ2n) is 1.44. The highest BCUT2D eigenvalue weighted by Gasteiger charge is 1.92. The van der Waals surface area contributed by atoms with Crippen molar-refractivity contribution in [2.45, 2.75) is 19.5 Å². The van der Waals surface area contributed by atoms with Crippen LogP contribution in [0.1, 0.15) is 6.92 Å². The lowest BCUT2D eigenvalue weighted by atomic mass is 11.0. The number of hydrogen-bond acceptors (Lipinski definition) is 1. The van der Waals surface area contributed by atoms with Crippen molar-refractivity contribution < 1.29 is 0 Å². The first-order valence-electron chi connectivity index (χ1n) is 2.20. The Morgan fingerprint density at radius 3 is 2.33 bits per heavy atom. The van der Waals surface area contributed by atoms with E-state index in [1.54, 1.807) is 0 Å². The Bertz CT molecular complexity index is 64.4. The fourth-order valence-corrected chi connectivity index (χ4v) is 0.274. The van der Waals surface area contributed by atoms with Crippen molar-refractivity contribution in [3.63, 3.8) is 0 Å². The van der Waals surface area contributed by atoms with E-state index in [2.05, 4.69) is 19.2 Å². The largest absolute Gasteiger partial charge is 0.207 e. The van der Waals surface area contributed by atoms with Crippen molar-refractivity contribution >= 4 is 8.80 Å². The molecule has 0 aromatic carbocycles. The van der Waals surface area contributed by atoms with Gasteiger partial charge in [0.15, 0.2) is 8.80 Å². The van der Waals surface area contributed by atoms with Crippen LogP contribution in [0.4, 0.5) is 0 Å². The Kier molecular flexibility index (Phi) is 2.78. The van der Waals surface area contributed by atoms with Crippen LogP contribution in [-0.2, 0) is 0 Å². The summed E-state index contributed by atoms with van der Waals surface area (Å²) in [6.07, 6.45) is 0. The second kappa shape index (κ2) is 2.92. The van der Waals surface area contributed by atoms with Crippen molar-refractivity contribution in [3.05, 3.63) is 0 Å². The van der Waals surface area contributed by atoms with Gasteiger partial charge in [0, 0.05) is 5.69 Å². The van der Waals surface area contributed by atoms with E-state index in [1.807, 2.05) is 0 Å². The summed E-state index contributed by atoms with van der Waals surface area (Å²) in [7, 11) is -0.855. The maximum absolute atomic E-state index is 8.15. The molecule has 1 atom stereocenters. The quantitative estimate of drug-likeness (QED) is 0.448. The van der Waals surface area contributed by atoms with E-state index in [1.165, 1.54) is 0 Å². The molecule has 6 heavy (non-hydrogen) atoms. The molecular weight excluding hydrogens is 90.1 g/mol. The fourth-order valence-electron chi connectivity index (χ4n) is 0.0913. The van der Waals surface area contributed by atoms with E-state index in [9.17, 15) is 0 Å². The predicted octanol–water partition coefficient (Wildman–Crippen LogP) is 0.926. The van der Waals surface area contributed by atoms with Crippen LogP contribution in [0.2, 0.25) is 12.6 Å². The van der Waals surface area contributed by atoms with Crippen LogP contribution in [-0.4, -0.2) is 8.80 Å². The van der Waals surface area contributed by atoms with Gasteiger partial charge in [-0.05, 0) is 0 Å². The second-order valence-corrected chi connectivity index (χ2v) is 4.32. The van der Waals surface area contributed by atoms with Crippen LogP contribution < -0.4 is 0 Å². The maximum atomic E-state index is 8.15. The van der Waals surface area contributed by atoms with Crippen molar-refractivity contribution in [2.75, 3.05) is 0 Å². The molecule has 1 nitrogen and oxygen atoms in total. The van der Waals surface area contributed by atoms with Crippen molar-refractivity contribution in [2.24, 2.45) is 0 Å². The average molecular weight is 99.2 g/mol. The van der Waals surface area contributed by atoms with Crippen LogP contribution in [0, 0.1) is 11.0 Å². The molecule has 0 heterocycles. The molecular formula is C4H9NSi. The van der Waals surface area contributed by atoms with E-state index >= 15 is 0 Å². The summed E-state index contributed by atoms with van der Waals surface area (Å²) in [4.78, 5) is 0. The van der Waals surface area contributed by atoms with Gasteiger partial charge >= 0.3 is 0 Å². The van der Waals surface area contributed by atoms with E-state index in [-0.39, 0.29) is 0 Å². The molecule has 0 aliphatic rings. The lowest BCUT2D eigenvalue weighted by Gasteiger charge is -1.83. The number of nitrogens with zero attached hydrogens (tertiary/aromatic N) is 1. The van der Waals surface area contributed by atoms with E-state index in [4.69, 9.17) is 5.26 Å². The number of nitriles is 1. The van der Waals surface area contributed by atoms with Gasteiger partial charge < -0.3 is 0 Å². The minimum atomic E-state index is -0.855. The van der Waals surface area contributed by atoms with Crippen LogP contribution in [0.3, 0.4) is 0 Å². The lowest BCUT2D eigenvalue weighted by Crippen LogP contribution is -1.97. The summed E-state index contributed by atoms with van der Waals surface area (Å²) in [5.41, 5.74) is 2.25. The van der Waals surface area contributed by atoms with E-state index in [0.29, 0.717) is 0 Å². The number of hydrogen-bond donors (Lipinski definition) is 0. The molecule has 34 valence electrons.